The van der Waals surface area contributed by atoms with Gasteiger partial charge in [0.25, 0.3) is 0 Å². The summed E-state index contributed by atoms with van der Waals surface area (Å²) in [5.74, 6) is -0.415. The Kier molecular flexibility index (Phi) is 4.35. The number of hydrogen-bond acceptors (Lipinski definition) is 4. The van der Waals surface area contributed by atoms with Gasteiger partial charge in [-0.05, 0) is 45.0 Å². The number of carbonyl (C=O) groups is 1. The van der Waals surface area contributed by atoms with Crippen LogP contribution in [0.15, 0.2) is 42.6 Å². The number of pyridine rings is 1. The number of fused-ring (bicyclic) bond motifs is 1. The highest BCUT2D eigenvalue weighted by atomic mass is 19.1. The molecule has 2 aromatic heterocycles. The van der Waals surface area contributed by atoms with Crippen molar-refractivity contribution in [3.05, 3.63) is 48.4 Å². The molecule has 2 heterocycles. The van der Waals surface area contributed by atoms with Gasteiger partial charge in [-0.15, -0.1) is 0 Å². The van der Waals surface area contributed by atoms with Gasteiger partial charge in [0.2, 0.25) is 0 Å². The summed E-state index contributed by atoms with van der Waals surface area (Å²) in [6, 6.07) is 9.47. The van der Waals surface area contributed by atoms with Crippen LogP contribution in [0.1, 0.15) is 20.8 Å². The molecule has 1 aromatic carbocycles. The van der Waals surface area contributed by atoms with Crippen LogP contribution in [0.4, 0.5) is 9.18 Å². The Bertz CT molecular complexity index is 947. The van der Waals surface area contributed by atoms with Crippen LogP contribution >= 0.6 is 0 Å². The summed E-state index contributed by atoms with van der Waals surface area (Å²) in [5, 5.41) is 10.1. The van der Waals surface area contributed by atoms with Crippen molar-refractivity contribution in [2.24, 2.45) is 0 Å². The number of halogens is 1. The maximum Gasteiger partial charge on any atom is 0.418 e. The number of nitrogens with zero attached hydrogens (tertiary/aromatic N) is 2. The molecular formula is C18H17BFN2O3. The van der Waals surface area contributed by atoms with Crippen LogP contribution in [0.5, 0.6) is 0 Å². The molecule has 1 N–H and O–H groups in total. The van der Waals surface area contributed by atoms with Crippen LogP contribution in [0.3, 0.4) is 0 Å². The summed E-state index contributed by atoms with van der Waals surface area (Å²) in [5.41, 5.74) is 0.722. The van der Waals surface area contributed by atoms with Crippen molar-refractivity contribution in [1.29, 1.82) is 0 Å². The molecule has 7 heteroatoms. The van der Waals surface area contributed by atoms with Gasteiger partial charge in [-0.2, -0.15) is 0 Å². The van der Waals surface area contributed by atoms with Gasteiger partial charge in [0.05, 0.1) is 11.2 Å². The summed E-state index contributed by atoms with van der Waals surface area (Å²) < 4.78 is 20.8. The highest BCUT2D eigenvalue weighted by Crippen LogP contribution is 2.28. The average molecular weight is 339 g/mol. The van der Waals surface area contributed by atoms with Crippen molar-refractivity contribution in [2.45, 2.75) is 26.4 Å². The highest BCUT2D eigenvalue weighted by molar-refractivity contribution is 6.46. The van der Waals surface area contributed by atoms with E-state index in [0.717, 1.165) is 7.48 Å². The molecular weight excluding hydrogens is 322 g/mol. The second-order valence-corrected chi connectivity index (χ2v) is 6.59. The third-order valence-electron chi connectivity index (χ3n) is 3.60. The van der Waals surface area contributed by atoms with E-state index in [4.69, 9.17) is 4.74 Å². The van der Waals surface area contributed by atoms with Gasteiger partial charge >= 0.3 is 13.6 Å². The van der Waals surface area contributed by atoms with E-state index in [-0.39, 0.29) is 5.59 Å². The summed E-state index contributed by atoms with van der Waals surface area (Å²) in [6.45, 7) is 5.27. The predicted molar refractivity (Wildman–Crippen MR) is 94.4 cm³/mol. The Morgan fingerprint density at radius 3 is 2.64 bits per heavy atom. The SMILES string of the molecule is CC(C)(C)OC(=O)n1c([B]O)cc2c(-c3ccccc3F)nccc21. The fraction of sp³-hybridized carbons (Fsp3) is 0.222. The number of carbonyl (C=O) groups excluding carboxylic acids is 1. The quantitative estimate of drug-likeness (QED) is 0.729. The number of aromatic nitrogens is 2. The monoisotopic (exact) mass is 339 g/mol. The van der Waals surface area contributed by atoms with Crippen LogP contribution in [0, 0.1) is 5.82 Å². The summed E-state index contributed by atoms with van der Waals surface area (Å²) in [7, 11) is 0.815. The molecule has 0 fully saturated rings. The van der Waals surface area contributed by atoms with E-state index in [2.05, 4.69) is 4.98 Å². The number of benzene rings is 1. The Morgan fingerprint density at radius 2 is 2.00 bits per heavy atom. The lowest BCUT2D eigenvalue weighted by Gasteiger charge is -2.20. The van der Waals surface area contributed by atoms with Crippen molar-refractivity contribution in [3.63, 3.8) is 0 Å². The molecule has 3 rings (SSSR count). The zero-order valence-electron chi connectivity index (χ0n) is 14.2. The molecule has 0 aliphatic carbocycles. The average Bonchev–Trinajstić information content (AvgIpc) is 2.92. The first kappa shape index (κ1) is 17.2. The van der Waals surface area contributed by atoms with Gasteiger partial charge in [0.15, 0.2) is 0 Å². The molecule has 1 radical (unpaired) electrons. The Hall–Kier alpha value is -2.67. The van der Waals surface area contributed by atoms with Crippen LogP contribution < -0.4 is 5.59 Å². The molecule has 0 aliphatic rings. The van der Waals surface area contributed by atoms with E-state index in [1.165, 1.54) is 16.8 Å². The molecule has 0 saturated heterocycles. The molecule has 127 valence electrons. The largest absolute Gasteiger partial charge is 0.449 e. The normalized spacial score (nSPS) is 11.6. The van der Waals surface area contributed by atoms with Crippen LogP contribution in [-0.4, -0.2) is 33.8 Å². The Morgan fingerprint density at radius 1 is 1.28 bits per heavy atom. The van der Waals surface area contributed by atoms with Crippen molar-refractivity contribution in [3.8, 4) is 11.3 Å². The Balaban J connectivity index is 2.22. The van der Waals surface area contributed by atoms with E-state index in [0.29, 0.717) is 22.2 Å². The first-order valence-corrected chi connectivity index (χ1v) is 7.78. The van der Waals surface area contributed by atoms with Gasteiger partial charge < -0.3 is 9.76 Å². The molecule has 0 bridgehead atoms. The first-order valence-electron chi connectivity index (χ1n) is 7.78. The maximum atomic E-state index is 14.2. The predicted octanol–water partition coefficient (Wildman–Crippen LogP) is 2.86. The van der Waals surface area contributed by atoms with Crippen molar-refractivity contribution >= 4 is 30.1 Å². The fourth-order valence-electron chi connectivity index (χ4n) is 2.63. The molecule has 0 saturated carbocycles. The lowest BCUT2D eigenvalue weighted by atomic mass is 9.95. The second-order valence-electron chi connectivity index (χ2n) is 6.59. The van der Waals surface area contributed by atoms with Crippen LogP contribution in [0.2, 0.25) is 0 Å². The second kappa shape index (κ2) is 6.33. The topological polar surface area (TPSA) is 64.3 Å². The van der Waals surface area contributed by atoms with E-state index in [1.54, 1.807) is 51.1 Å². The number of hydrogen-bond donors (Lipinski definition) is 1. The minimum absolute atomic E-state index is 0.231. The summed E-state index contributed by atoms with van der Waals surface area (Å²) >= 11 is 0. The van der Waals surface area contributed by atoms with E-state index in [9.17, 15) is 14.2 Å². The van der Waals surface area contributed by atoms with Crippen LogP contribution in [0.25, 0.3) is 22.2 Å². The fourth-order valence-corrected chi connectivity index (χ4v) is 2.63. The minimum atomic E-state index is -0.693. The lowest BCUT2D eigenvalue weighted by molar-refractivity contribution is 0.0549. The summed E-state index contributed by atoms with van der Waals surface area (Å²) in [6.07, 6.45) is 0.861. The number of ether oxygens (including phenoxy) is 1. The molecule has 0 atom stereocenters. The van der Waals surface area contributed by atoms with Crippen molar-refractivity contribution in [2.75, 3.05) is 0 Å². The molecule has 0 spiro atoms. The number of rotatable bonds is 2. The van der Waals surface area contributed by atoms with Crippen molar-refractivity contribution < 1.29 is 18.9 Å². The van der Waals surface area contributed by atoms with Gasteiger partial charge in [-0.3, -0.25) is 9.55 Å². The third-order valence-corrected chi connectivity index (χ3v) is 3.60. The maximum absolute atomic E-state index is 14.2. The van der Waals surface area contributed by atoms with E-state index in [1.807, 2.05) is 0 Å². The lowest BCUT2D eigenvalue weighted by Crippen LogP contribution is -2.34. The van der Waals surface area contributed by atoms with Crippen LogP contribution in [-0.2, 0) is 4.74 Å². The minimum Gasteiger partial charge on any atom is -0.449 e. The van der Waals surface area contributed by atoms with E-state index < -0.39 is 17.5 Å². The van der Waals surface area contributed by atoms with Gasteiger partial charge in [-0.25, -0.2) is 9.18 Å². The molecule has 5 nitrogen and oxygen atoms in total. The molecule has 25 heavy (non-hydrogen) atoms. The molecule has 0 aliphatic heterocycles. The highest BCUT2D eigenvalue weighted by Gasteiger charge is 2.24. The standard InChI is InChI=1S/C18H17BFN2O3/c1-18(2,3)25-17(23)22-14-8-9-21-16(12(14)10-15(22)19-24)11-6-4-5-7-13(11)20/h4-10,24H,1-3H3. The van der Waals surface area contributed by atoms with E-state index >= 15 is 0 Å². The van der Waals surface area contributed by atoms with Gasteiger partial charge in [0, 0.05) is 22.7 Å². The zero-order chi connectivity index (χ0) is 18.2. The third kappa shape index (κ3) is 3.28. The first-order chi connectivity index (χ1) is 11.8. The van der Waals surface area contributed by atoms with Gasteiger partial charge in [-0.1, -0.05) is 12.1 Å². The Labute approximate surface area is 145 Å². The summed E-state index contributed by atoms with van der Waals surface area (Å²) in [4.78, 5) is 16.8. The molecule has 0 unspecified atom stereocenters. The van der Waals surface area contributed by atoms with Crippen molar-refractivity contribution in [1.82, 2.24) is 9.55 Å². The smallest absolute Gasteiger partial charge is 0.418 e. The van der Waals surface area contributed by atoms with Gasteiger partial charge in [0.1, 0.15) is 11.4 Å². The molecule has 0 amide bonds. The zero-order valence-corrected chi connectivity index (χ0v) is 14.2. The molecule has 3 aromatic rings.